The van der Waals surface area contributed by atoms with Crippen LogP contribution < -0.4 is 5.32 Å². The van der Waals surface area contributed by atoms with Crippen LogP contribution in [0, 0.1) is 0 Å². The monoisotopic (exact) mass is 309 g/mol. The first kappa shape index (κ1) is 10.7. The van der Waals surface area contributed by atoms with Crippen LogP contribution in [0.3, 0.4) is 0 Å². The van der Waals surface area contributed by atoms with E-state index in [1.807, 2.05) is 17.6 Å². The molecule has 0 atom stereocenters. The SMILES string of the molecule is CNc1nc(-n2cc(Br)cn2)c2ccsc2n1. The molecule has 0 aliphatic heterocycles. The van der Waals surface area contributed by atoms with Crippen LogP contribution >= 0.6 is 27.3 Å². The van der Waals surface area contributed by atoms with E-state index in [2.05, 4.69) is 36.3 Å². The summed E-state index contributed by atoms with van der Waals surface area (Å²) in [6, 6.07) is 2.00. The van der Waals surface area contributed by atoms with Gasteiger partial charge in [0.15, 0.2) is 5.82 Å². The van der Waals surface area contributed by atoms with Crippen LogP contribution in [0.25, 0.3) is 16.0 Å². The third-order valence-corrected chi connectivity index (χ3v) is 3.51. The van der Waals surface area contributed by atoms with Crippen LogP contribution in [0.4, 0.5) is 5.95 Å². The van der Waals surface area contributed by atoms with E-state index in [1.165, 1.54) is 0 Å². The first-order valence-corrected chi connectivity index (χ1v) is 6.59. The highest BCUT2D eigenvalue weighted by molar-refractivity contribution is 9.10. The van der Waals surface area contributed by atoms with Gasteiger partial charge in [0.1, 0.15) is 4.83 Å². The number of hydrogen-bond acceptors (Lipinski definition) is 5. The number of nitrogens with one attached hydrogen (secondary N) is 1. The van der Waals surface area contributed by atoms with Gasteiger partial charge in [0, 0.05) is 13.2 Å². The van der Waals surface area contributed by atoms with E-state index >= 15 is 0 Å². The average molecular weight is 310 g/mol. The molecular weight excluding hydrogens is 302 g/mol. The van der Waals surface area contributed by atoms with Gasteiger partial charge in [0.2, 0.25) is 5.95 Å². The molecule has 0 spiro atoms. The van der Waals surface area contributed by atoms with Crippen molar-refractivity contribution in [3.63, 3.8) is 0 Å². The van der Waals surface area contributed by atoms with Gasteiger partial charge in [-0.25, -0.2) is 9.67 Å². The predicted octanol–water partition coefficient (Wildman–Crippen LogP) is 2.68. The fourth-order valence-corrected chi connectivity index (χ4v) is 2.59. The molecular formula is C10H8BrN5S. The summed E-state index contributed by atoms with van der Waals surface area (Å²) >= 11 is 4.97. The maximum Gasteiger partial charge on any atom is 0.225 e. The molecule has 3 aromatic rings. The Kier molecular flexibility index (Phi) is 2.56. The van der Waals surface area contributed by atoms with Crippen LogP contribution in [0.2, 0.25) is 0 Å². The summed E-state index contributed by atoms with van der Waals surface area (Å²) in [7, 11) is 1.80. The zero-order valence-electron chi connectivity index (χ0n) is 8.88. The zero-order valence-corrected chi connectivity index (χ0v) is 11.3. The van der Waals surface area contributed by atoms with Crippen LogP contribution in [0.15, 0.2) is 28.3 Å². The van der Waals surface area contributed by atoms with Crippen LogP contribution in [-0.4, -0.2) is 26.8 Å². The third-order valence-electron chi connectivity index (χ3n) is 2.30. The standard InChI is InChI=1S/C10H8BrN5S/c1-12-10-14-8(16-5-6(11)4-13-16)7-2-3-17-9(7)15-10/h2-5H,1H3,(H,12,14,15). The molecule has 0 aliphatic carbocycles. The van der Waals surface area contributed by atoms with Crippen LogP contribution in [0.1, 0.15) is 0 Å². The normalized spacial score (nSPS) is 10.9. The highest BCUT2D eigenvalue weighted by atomic mass is 79.9. The fourth-order valence-electron chi connectivity index (χ4n) is 1.54. The van der Waals surface area contributed by atoms with Crippen molar-refractivity contribution in [1.29, 1.82) is 0 Å². The van der Waals surface area contributed by atoms with E-state index in [1.54, 1.807) is 29.3 Å². The van der Waals surface area contributed by atoms with E-state index in [4.69, 9.17) is 0 Å². The number of nitrogens with zero attached hydrogens (tertiary/aromatic N) is 4. The molecule has 0 aromatic carbocycles. The van der Waals surface area contributed by atoms with Crippen molar-refractivity contribution >= 4 is 43.4 Å². The summed E-state index contributed by atoms with van der Waals surface area (Å²) in [6.07, 6.45) is 3.61. The Labute approximate surface area is 110 Å². The van der Waals surface area contributed by atoms with Gasteiger partial charge in [0.25, 0.3) is 0 Å². The molecule has 86 valence electrons. The molecule has 0 aliphatic rings. The molecule has 7 heteroatoms. The lowest BCUT2D eigenvalue weighted by Gasteiger charge is -2.04. The second-order valence-electron chi connectivity index (χ2n) is 3.36. The lowest BCUT2D eigenvalue weighted by atomic mass is 10.4. The molecule has 0 saturated carbocycles. The van der Waals surface area contributed by atoms with Crippen molar-refractivity contribution in [1.82, 2.24) is 19.7 Å². The van der Waals surface area contributed by atoms with Crippen molar-refractivity contribution in [3.05, 3.63) is 28.3 Å². The lowest BCUT2D eigenvalue weighted by Crippen LogP contribution is -2.03. The summed E-state index contributed by atoms with van der Waals surface area (Å²) < 4.78 is 2.66. The number of hydrogen-bond donors (Lipinski definition) is 1. The van der Waals surface area contributed by atoms with Gasteiger partial charge in [0.05, 0.1) is 16.1 Å². The Morgan fingerprint density at radius 3 is 3.00 bits per heavy atom. The number of thiophene rings is 1. The molecule has 0 unspecified atom stereocenters. The maximum atomic E-state index is 4.44. The van der Waals surface area contributed by atoms with Crippen molar-refractivity contribution in [2.24, 2.45) is 0 Å². The third kappa shape index (κ3) is 1.81. The molecule has 0 fully saturated rings. The molecule has 0 radical (unpaired) electrons. The molecule has 0 saturated heterocycles. The molecule has 3 aromatic heterocycles. The number of halogens is 1. The minimum atomic E-state index is 0.599. The Morgan fingerprint density at radius 1 is 1.41 bits per heavy atom. The Hall–Kier alpha value is -1.47. The van der Waals surface area contributed by atoms with Crippen molar-refractivity contribution < 1.29 is 0 Å². The van der Waals surface area contributed by atoms with Crippen LogP contribution in [-0.2, 0) is 0 Å². The minimum Gasteiger partial charge on any atom is -0.357 e. The van der Waals surface area contributed by atoms with Gasteiger partial charge in [-0.2, -0.15) is 10.1 Å². The van der Waals surface area contributed by atoms with Gasteiger partial charge >= 0.3 is 0 Å². The highest BCUT2D eigenvalue weighted by Crippen LogP contribution is 2.25. The maximum absolute atomic E-state index is 4.44. The number of rotatable bonds is 2. The summed E-state index contributed by atoms with van der Waals surface area (Å²) in [6.45, 7) is 0. The first-order valence-electron chi connectivity index (χ1n) is 4.91. The van der Waals surface area contributed by atoms with E-state index in [0.717, 1.165) is 20.5 Å². The predicted molar refractivity (Wildman–Crippen MR) is 71.8 cm³/mol. The zero-order chi connectivity index (χ0) is 11.8. The second-order valence-corrected chi connectivity index (χ2v) is 5.17. The smallest absolute Gasteiger partial charge is 0.225 e. The summed E-state index contributed by atoms with van der Waals surface area (Å²) in [5.41, 5.74) is 0. The van der Waals surface area contributed by atoms with Gasteiger partial charge in [-0.3, -0.25) is 0 Å². The summed E-state index contributed by atoms with van der Waals surface area (Å²) in [5, 5.41) is 10.2. The fraction of sp³-hybridized carbons (Fsp3) is 0.100. The van der Waals surface area contributed by atoms with E-state index in [9.17, 15) is 0 Å². The van der Waals surface area contributed by atoms with E-state index in [-0.39, 0.29) is 0 Å². The second kappa shape index (κ2) is 4.08. The Balaban J connectivity index is 2.29. The Morgan fingerprint density at radius 2 is 2.29 bits per heavy atom. The van der Waals surface area contributed by atoms with Gasteiger partial charge < -0.3 is 5.32 Å². The largest absolute Gasteiger partial charge is 0.357 e. The highest BCUT2D eigenvalue weighted by Gasteiger charge is 2.10. The van der Waals surface area contributed by atoms with E-state index in [0.29, 0.717) is 5.95 Å². The molecule has 5 nitrogen and oxygen atoms in total. The van der Waals surface area contributed by atoms with Crippen LogP contribution in [0.5, 0.6) is 0 Å². The topological polar surface area (TPSA) is 55.6 Å². The number of anilines is 1. The number of fused-ring (bicyclic) bond motifs is 1. The number of aromatic nitrogens is 4. The quantitative estimate of drug-likeness (QED) is 0.791. The molecule has 0 amide bonds. The minimum absolute atomic E-state index is 0.599. The average Bonchev–Trinajstić information content (AvgIpc) is 2.95. The van der Waals surface area contributed by atoms with Crippen molar-refractivity contribution in [2.45, 2.75) is 0 Å². The van der Waals surface area contributed by atoms with Crippen molar-refractivity contribution in [3.8, 4) is 5.82 Å². The summed E-state index contributed by atoms with van der Waals surface area (Å²) in [5.74, 6) is 1.38. The molecule has 3 heterocycles. The van der Waals surface area contributed by atoms with Crippen molar-refractivity contribution in [2.75, 3.05) is 12.4 Å². The van der Waals surface area contributed by atoms with Gasteiger partial charge in [-0.1, -0.05) is 0 Å². The molecule has 0 bridgehead atoms. The Bertz CT molecular complexity index is 674. The van der Waals surface area contributed by atoms with Gasteiger partial charge in [-0.15, -0.1) is 11.3 Å². The molecule has 1 N–H and O–H groups in total. The first-order chi connectivity index (χ1) is 8.28. The molecule has 3 rings (SSSR count). The molecule has 17 heavy (non-hydrogen) atoms. The van der Waals surface area contributed by atoms with E-state index < -0.39 is 0 Å². The summed E-state index contributed by atoms with van der Waals surface area (Å²) in [4.78, 5) is 9.78. The lowest BCUT2D eigenvalue weighted by molar-refractivity contribution is 0.853. The van der Waals surface area contributed by atoms with Gasteiger partial charge in [-0.05, 0) is 27.4 Å².